The van der Waals surface area contributed by atoms with Gasteiger partial charge in [0.1, 0.15) is 11.3 Å². The monoisotopic (exact) mass is 395 g/mol. The number of carbonyl (C=O) groups excluding carboxylic acids is 1. The maximum absolute atomic E-state index is 12.4. The highest BCUT2D eigenvalue weighted by Gasteiger charge is 2.15. The van der Waals surface area contributed by atoms with Crippen molar-refractivity contribution < 1.29 is 9.21 Å². The zero-order valence-corrected chi connectivity index (χ0v) is 16.1. The lowest BCUT2D eigenvalue weighted by atomic mass is 10.1. The maximum Gasteiger partial charge on any atom is 0.224 e. The van der Waals surface area contributed by atoms with Crippen molar-refractivity contribution in [3.63, 3.8) is 0 Å². The molecule has 2 aromatic heterocycles. The van der Waals surface area contributed by atoms with Crippen molar-refractivity contribution in [1.82, 2.24) is 25.5 Å². The van der Waals surface area contributed by atoms with Crippen LogP contribution in [-0.4, -0.2) is 26.1 Å². The second-order valence-corrected chi connectivity index (χ2v) is 7.04. The molecule has 0 aliphatic rings. The number of carbonyl (C=O) groups is 1. The third kappa shape index (κ3) is 3.75. The van der Waals surface area contributed by atoms with Crippen molar-refractivity contribution in [3.05, 3.63) is 70.7 Å². The fourth-order valence-corrected chi connectivity index (χ4v) is 3.20. The molecule has 2 heterocycles. The van der Waals surface area contributed by atoms with Gasteiger partial charge in [-0.2, -0.15) is 4.68 Å². The van der Waals surface area contributed by atoms with E-state index in [1.807, 2.05) is 56.3 Å². The topological polar surface area (TPSA) is 85.8 Å². The van der Waals surface area contributed by atoms with Crippen molar-refractivity contribution in [2.24, 2.45) is 0 Å². The smallest absolute Gasteiger partial charge is 0.224 e. The first-order valence-corrected chi connectivity index (χ1v) is 9.20. The molecule has 0 spiro atoms. The predicted octanol–water partition coefficient (Wildman–Crippen LogP) is 3.79. The van der Waals surface area contributed by atoms with E-state index in [1.165, 1.54) is 0 Å². The molecule has 0 radical (unpaired) electrons. The van der Waals surface area contributed by atoms with Crippen LogP contribution in [0.1, 0.15) is 30.1 Å². The second kappa shape index (κ2) is 7.44. The number of amides is 1. The Bertz CT molecular complexity index is 1130. The van der Waals surface area contributed by atoms with Crippen LogP contribution in [0.4, 0.5) is 0 Å². The van der Waals surface area contributed by atoms with Gasteiger partial charge in [-0.05, 0) is 66.2 Å². The standard InChI is InChI=1S/C20H18ClN5O2/c1-12(19-11-15-10-16(21)5-8-18(15)28-19)22-20(27)9-14-3-6-17(7-4-14)26-13(2)23-24-25-26/h3-8,10-12H,9H2,1-2H3,(H,22,27)/t12-/m1/s1. The number of halogens is 1. The van der Waals surface area contributed by atoms with Crippen molar-refractivity contribution in [1.29, 1.82) is 0 Å². The fraction of sp³-hybridized carbons (Fsp3) is 0.200. The molecular weight excluding hydrogens is 378 g/mol. The van der Waals surface area contributed by atoms with E-state index in [4.69, 9.17) is 16.0 Å². The number of benzene rings is 2. The normalized spacial score (nSPS) is 12.2. The number of furan rings is 1. The molecule has 142 valence electrons. The Morgan fingerprint density at radius 3 is 2.71 bits per heavy atom. The quantitative estimate of drug-likeness (QED) is 0.555. The molecule has 0 fully saturated rings. The highest BCUT2D eigenvalue weighted by atomic mass is 35.5. The van der Waals surface area contributed by atoms with Crippen LogP contribution >= 0.6 is 11.6 Å². The van der Waals surface area contributed by atoms with E-state index in [0.29, 0.717) is 16.6 Å². The second-order valence-electron chi connectivity index (χ2n) is 6.60. The van der Waals surface area contributed by atoms with Crippen molar-refractivity contribution in [3.8, 4) is 5.69 Å². The predicted molar refractivity (Wildman–Crippen MR) is 105 cm³/mol. The lowest BCUT2D eigenvalue weighted by Crippen LogP contribution is -2.27. The third-order valence-electron chi connectivity index (χ3n) is 4.47. The molecule has 8 heteroatoms. The van der Waals surface area contributed by atoms with E-state index >= 15 is 0 Å². The molecule has 28 heavy (non-hydrogen) atoms. The third-order valence-corrected chi connectivity index (χ3v) is 4.71. The summed E-state index contributed by atoms with van der Waals surface area (Å²) in [6.45, 7) is 3.72. The Balaban J connectivity index is 1.41. The Kier molecular flexibility index (Phi) is 4.83. The number of hydrogen-bond donors (Lipinski definition) is 1. The molecule has 0 aliphatic carbocycles. The summed E-state index contributed by atoms with van der Waals surface area (Å²) < 4.78 is 7.45. The lowest BCUT2D eigenvalue weighted by Gasteiger charge is -2.11. The SMILES string of the molecule is Cc1nnnn1-c1ccc(CC(=O)N[C@H](C)c2cc3cc(Cl)ccc3o2)cc1. The first-order chi connectivity index (χ1) is 13.5. The summed E-state index contributed by atoms with van der Waals surface area (Å²) in [7, 11) is 0. The molecule has 4 rings (SSSR count). The number of rotatable bonds is 5. The molecule has 1 N–H and O–H groups in total. The molecule has 0 unspecified atom stereocenters. The highest BCUT2D eigenvalue weighted by Crippen LogP contribution is 2.26. The molecule has 1 atom stereocenters. The number of aryl methyl sites for hydroxylation is 1. The summed E-state index contributed by atoms with van der Waals surface area (Å²) in [6, 6.07) is 14.7. The first kappa shape index (κ1) is 18.2. The van der Waals surface area contributed by atoms with Gasteiger partial charge < -0.3 is 9.73 Å². The number of aromatic nitrogens is 4. The molecule has 4 aromatic rings. The fourth-order valence-electron chi connectivity index (χ4n) is 3.02. The summed E-state index contributed by atoms with van der Waals surface area (Å²) in [6.07, 6.45) is 0.269. The van der Waals surface area contributed by atoms with Gasteiger partial charge in [-0.25, -0.2) is 0 Å². The largest absolute Gasteiger partial charge is 0.459 e. The minimum absolute atomic E-state index is 0.0858. The van der Waals surface area contributed by atoms with E-state index in [-0.39, 0.29) is 18.4 Å². The van der Waals surface area contributed by atoms with Gasteiger partial charge in [-0.15, -0.1) is 5.10 Å². The van der Waals surface area contributed by atoms with Crippen LogP contribution in [0, 0.1) is 6.92 Å². The van der Waals surface area contributed by atoms with E-state index in [1.54, 1.807) is 10.7 Å². The van der Waals surface area contributed by atoms with E-state index in [9.17, 15) is 4.79 Å². The van der Waals surface area contributed by atoms with Crippen LogP contribution in [0.15, 0.2) is 52.9 Å². The number of nitrogens with one attached hydrogen (secondary N) is 1. The minimum Gasteiger partial charge on any atom is -0.459 e. The summed E-state index contributed by atoms with van der Waals surface area (Å²) in [5.41, 5.74) is 2.49. The maximum atomic E-state index is 12.4. The number of fused-ring (bicyclic) bond motifs is 1. The minimum atomic E-state index is -0.248. The van der Waals surface area contributed by atoms with Gasteiger partial charge in [-0.1, -0.05) is 23.7 Å². The zero-order chi connectivity index (χ0) is 19.7. The van der Waals surface area contributed by atoms with Crippen LogP contribution in [0.5, 0.6) is 0 Å². The van der Waals surface area contributed by atoms with Gasteiger partial charge in [0.15, 0.2) is 5.82 Å². The molecule has 0 saturated carbocycles. The highest BCUT2D eigenvalue weighted by molar-refractivity contribution is 6.31. The van der Waals surface area contributed by atoms with Crippen LogP contribution in [0.2, 0.25) is 5.02 Å². The Hall–Kier alpha value is -3.19. The van der Waals surface area contributed by atoms with Crippen molar-refractivity contribution in [2.75, 3.05) is 0 Å². The number of tetrazole rings is 1. The molecule has 0 aliphatic heterocycles. The first-order valence-electron chi connectivity index (χ1n) is 8.82. The summed E-state index contributed by atoms with van der Waals surface area (Å²) in [5.74, 6) is 1.30. The molecular formula is C20H18ClN5O2. The van der Waals surface area contributed by atoms with E-state index in [2.05, 4.69) is 20.8 Å². The Morgan fingerprint density at radius 2 is 2.00 bits per heavy atom. The van der Waals surface area contributed by atoms with Crippen LogP contribution in [0.3, 0.4) is 0 Å². The van der Waals surface area contributed by atoms with E-state index in [0.717, 1.165) is 22.2 Å². The summed E-state index contributed by atoms with van der Waals surface area (Å²) in [5, 5.41) is 16.0. The van der Waals surface area contributed by atoms with Gasteiger partial charge in [0.2, 0.25) is 5.91 Å². The molecule has 2 aromatic carbocycles. The number of hydrogen-bond acceptors (Lipinski definition) is 5. The molecule has 1 amide bonds. The van der Waals surface area contributed by atoms with Gasteiger partial charge in [0, 0.05) is 10.4 Å². The average Bonchev–Trinajstić information content (AvgIpc) is 3.28. The zero-order valence-electron chi connectivity index (χ0n) is 15.4. The van der Waals surface area contributed by atoms with Gasteiger partial charge in [0.25, 0.3) is 0 Å². The van der Waals surface area contributed by atoms with Crippen molar-refractivity contribution in [2.45, 2.75) is 26.3 Å². The van der Waals surface area contributed by atoms with Crippen molar-refractivity contribution >= 4 is 28.5 Å². The number of nitrogens with zero attached hydrogens (tertiary/aromatic N) is 4. The molecule has 0 saturated heterocycles. The van der Waals surface area contributed by atoms with Crippen LogP contribution in [0.25, 0.3) is 16.7 Å². The Labute approximate surface area is 166 Å². The van der Waals surface area contributed by atoms with Crippen LogP contribution in [-0.2, 0) is 11.2 Å². The van der Waals surface area contributed by atoms with Crippen LogP contribution < -0.4 is 5.32 Å². The lowest BCUT2D eigenvalue weighted by molar-refractivity contribution is -0.121. The Morgan fingerprint density at radius 1 is 1.21 bits per heavy atom. The van der Waals surface area contributed by atoms with Gasteiger partial charge in [-0.3, -0.25) is 4.79 Å². The summed E-state index contributed by atoms with van der Waals surface area (Å²) >= 11 is 6.01. The van der Waals surface area contributed by atoms with Gasteiger partial charge >= 0.3 is 0 Å². The van der Waals surface area contributed by atoms with E-state index < -0.39 is 0 Å². The average molecular weight is 396 g/mol. The summed E-state index contributed by atoms with van der Waals surface area (Å²) in [4.78, 5) is 12.4. The van der Waals surface area contributed by atoms with Gasteiger partial charge in [0.05, 0.1) is 18.2 Å². The molecule has 0 bridgehead atoms. The molecule has 7 nitrogen and oxygen atoms in total.